The Morgan fingerprint density at radius 2 is 1.30 bits per heavy atom. The van der Waals surface area contributed by atoms with Gasteiger partial charge in [-0.25, -0.2) is 0 Å². The fraction of sp³-hybridized carbons (Fsp3) is 0.0417. The number of nitrogens with zero attached hydrogens (tertiary/aromatic N) is 2. The number of rotatable bonds is 7. The molecule has 2 N–H and O–H groups in total. The Bertz CT molecular complexity index is 1120. The number of amides is 1. The largest absolute Gasteiger partial charge is 0.484 e. The van der Waals surface area contributed by atoms with Crippen LogP contribution in [0.5, 0.6) is 5.75 Å². The minimum Gasteiger partial charge on any atom is -0.484 e. The molecule has 0 fully saturated rings. The van der Waals surface area contributed by atoms with Crippen LogP contribution in [0.1, 0.15) is 16.7 Å². The fourth-order valence-corrected chi connectivity index (χ4v) is 2.63. The molecule has 0 atom stereocenters. The van der Waals surface area contributed by atoms with Crippen molar-refractivity contribution in [2.24, 2.45) is 0 Å². The van der Waals surface area contributed by atoms with Crippen LogP contribution in [-0.4, -0.2) is 12.5 Å². The molecule has 3 aromatic rings. The normalized spacial score (nSPS) is 9.67. The van der Waals surface area contributed by atoms with E-state index in [1.54, 1.807) is 48.5 Å². The molecule has 1 amide bonds. The van der Waals surface area contributed by atoms with Crippen LogP contribution < -0.4 is 15.6 Å². The predicted octanol–water partition coefficient (Wildman–Crippen LogP) is 3.77. The van der Waals surface area contributed by atoms with Gasteiger partial charge in [0, 0.05) is 0 Å². The number of nitrogens with one attached hydrogen (secondary N) is 2. The average molecular weight is 394 g/mol. The maximum atomic E-state index is 12.0. The van der Waals surface area contributed by atoms with E-state index in [0.29, 0.717) is 22.6 Å². The molecule has 0 aliphatic carbocycles. The van der Waals surface area contributed by atoms with E-state index in [0.717, 1.165) is 16.7 Å². The van der Waals surface area contributed by atoms with Crippen molar-refractivity contribution in [2.45, 2.75) is 0 Å². The van der Waals surface area contributed by atoms with Gasteiger partial charge in [-0.2, -0.15) is 10.5 Å². The maximum absolute atomic E-state index is 12.0. The zero-order valence-electron chi connectivity index (χ0n) is 16.1. The number of hydrogen-bond acceptors (Lipinski definition) is 5. The van der Waals surface area contributed by atoms with Gasteiger partial charge in [-0.3, -0.25) is 15.6 Å². The Morgan fingerprint density at radius 1 is 0.800 bits per heavy atom. The van der Waals surface area contributed by atoms with Gasteiger partial charge in [-0.1, -0.05) is 43.0 Å². The summed E-state index contributed by atoms with van der Waals surface area (Å²) in [5, 5.41) is 17.7. The highest BCUT2D eigenvalue weighted by atomic mass is 16.5. The second kappa shape index (κ2) is 9.59. The summed E-state index contributed by atoms with van der Waals surface area (Å²) in [4.78, 5) is 12.0. The molecule has 0 saturated heterocycles. The molecule has 0 unspecified atom stereocenters. The summed E-state index contributed by atoms with van der Waals surface area (Å²) >= 11 is 0. The SMILES string of the molecule is C=C(NNC(=O)COc1ccc(-c2ccc(C#N)cc2)cc1)c1ccc(C#N)cc1. The first-order valence-electron chi connectivity index (χ1n) is 9.07. The molecule has 6 heteroatoms. The van der Waals surface area contributed by atoms with Gasteiger partial charge in [0.25, 0.3) is 5.91 Å². The van der Waals surface area contributed by atoms with Gasteiger partial charge < -0.3 is 4.74 Å². The second-order valence-electron chi connectivity index (χ2n) is 6.34. The van der Waals surface area contributed by atoms with Crippen LogP contribution in [0, 0.1) is 22.7 Å². The highest BCUT2D eigenvalue weighted by Gasteiger charge is 2.05. The van der Waals surface area contributed by atoms with E-state index in [2.05, 4.69) is 23.5 Å². The molecule has 6 nitrogen and oxygen atoms in total. The Balaban J connectivity index is 1.47. The summed E-state index contributed by atoms with van der Waals surface area (Å²) in [7, 11) is 0. The third-order valence-electron chi connectivity index (χ3n) is 4.29. The summed E-state index contributed by atoms with van der Waals surface area (Å²) in [6.07, 6.45) is 0. The van der Waals surface area contributed by atoms with Gasteiger partial charge in [0.2, 0.25) is 0 Å². The molecular weight excluding hydrogens is 376 g/mol. The number of ether oxygens (including phenoxy) is 1. The summed E-state index contributed by atoms with van der Waals surface area (Å²) in [5.41, 5.74) is 9.65. The molecule has 0 spiro atoms. The summed E-state index contributed by atoms with van der Waals surface area (Å²) < 4.78 is 5.50. The lowest BCUT2D eigenvalue weighted by molar-refractivity contribution is -0.123. The molecule has 0 radical (unpaired) electrons. The first-order chi connectivity index (χ1) is 14.6. The first kappa shape index (κ1) is 20.2. The van der Waals surface area contributed by atoms with Crippen LogP contribution >= 0.6 is 0 Å². The van der Waals surface area contributed by atoms with E-state index < -0.39 is 0 Å². The highest BCUT2D eigenvalue weighted by molar-refractivity contribution is 5.78. The van der Waals surface area contributed by atoms with Crippen molar-refractivity contribution in [2.75, 3.05) is 6.61 Å². The minimum absolute atomic E-state index is 0.163. The lowest BCUT2D eigenvalue weighted by atomic mass is 10.0. The lowest BCUT2D eigenvalue weighted by Gasteiger charge is -2.12. The average Bonchev–Trinajstić information content (AvgIpc) is 2.81. The van der Waals surface area contributed by atoms with Crippen LogP contribution in [0.4, 0.5) is 0 Å². The first-order valence-corrected chi connectivity index (χ1v) is 9.07. The molecule has 146 valence electrons. The summed E-state index contributed by atoms with van der Waals surface area (Å²) in [5.74, 6) is 0.203. The van der Waals surface area contributed by atoms with Crippen molar-refractivity contribution in [1.82, 2.24) is 10.9 Å². The molecular formula is C24H18N4O2. The number of carbonyl (C=O) groups is 1. The van der Waals surface area contributed by atoms with Crippen LogP contribution in [0.2, 0.25) is 0 Å². The predicted molar refractivity (Wildman–Crippen MR) is 114 cm³/mol. The minimum atomic E-state index is -0.360. The van der Waals surface area contributed by atoms with Crippen molar-refractivity contribution >= 4 is 11.6 Å². The molecule has 0 aromatic heterocycles. The summed E-state index contributed by atoms with van der Waals surface area (Å²) in [6.45, 7) is 3.69. The Labute approximate surface area is 174 Å². The lowest BCUT2D eigenvalue weighted by Crippen LogP contribution is -2.38. The van der Waals surface area contributed by atoms with Gasteiger partial charge >= 0.3 is 0 Å². The second-order valence-corrected chi connectivity index (χ2v) is 6.34. The fourth-order valence-electron chi connectivity index (χ4n) is 2.63. The standard InChI is InChI=1S/C24H18N4O2/c1-17(20-6-2-18(14-25)3-7-20)27-28-24(29)16-30-23-12-10-22(11-13-23)21-8-4-19(15-26)5-9-21/h2-13,27H,1,16H2,(H,28,29). The quantitative estimate of drug-likeness (QED) is 0.595. The number of hydrogen-bond donors (Lipinski definition) is 2. The van der Waals surface area contributed by atoms with E-state index in [9.17, 15) is 4.79 Å². The van der Waals surface area contributed by atoms with Crippen LogP contribution in [0.15, 0.2) is 79.4 Å². The molecule has 0 aliphatic rings. The molecule has 0 saturated carbocycles. The number of carbonyl (C=O) groups excluding carboxylic acids is 1. The van der Waals surface area contributed by atoms with Gasteiger partial charge in [0.05, 0.1) is 29.0 Å². The highest BCUT2D eigenvalue weighted by Crippen LogP contribution is 2.22. The third-order valence-corrected chi connectivity index (χ3v) is 4.29. The van der Waals surface area contributed by atoms with Crippen molar-refractivity contribution in [3.05, 3.63) is 96.1 Å². The van der Waals surface area contributed by atoms with E-state index >= 15 is 0 Å². The van der Waals surface area contributed by atoms with Crippen molar-refractivity contribution in [3.8, 4) is 29.0 Å². The van der Waals surface area contributed by atoms with Gasteiger partial charge in [0.15, 0.2) is 6.61 Å². The van der Waals surface area contributed by atoms with Crippen LogP contribution in [-0.2, 0) is 4.79 Å². The molecule has 30 heavy (non-hydrogen) atoms. The Hall–Kier alpha value is -4.55. The van der Waals surface area contributed by atoms with Crippen LogP contribution in [0.3, 0.4) is 0 Å². The molecule has 3 aromatic carbocycles. The molecule has 0 heterocycles. The topological polar surface area (TPSA) is 97.9 Å². The molecule has 3 rings (SSSR count). The monoisotopic (exact) mass is 394 g/mol. The third kappa shape index (κ3) is 5.25. The zero-order chi connectivity index (χ0) is 21.3. The maximum Gasteiger partial charge on any atom is 0.276 e. The van der Waals surface area contributed by atoms with E-state index in [1.807, 2.05) is 30.3 Å². The molecule has 0 bridgehead atoms. The van der Waals surface area contributed by atoms with Crippen molar-refractivity contribution in [1.29, 1.82) is 10.5 Å². The van der Waals surface area contributed by atoms with Gasteiger partial charge in [-0.05, 0) is 53.1 Å². The Morgan fingerprint density at radius 3 is 1.83 bits per heavy atom. The van der Waals surface area contributed by atoms with Gasteiger partial charge in [-0.15, -0.1) is 0 Å². The van der Waals surface area contributed by atoms with Gasteiger partial charge in [0.1, 0.15) is 5.75 Å². The van der Waals surface area contributed by atoms with E-state index in [4.69, 9.17) is 15.3 Å². The number of hydrazine groups is 1. The smallest absolute Gasteiger partial charge is 0.276 e. The summed E-state index contributed by atoms with van der Waals surface area (Å²) in [6, 6.07) is 25.6. The van der Waals surface area contributed by atoms with Crippen molar-refractivity contribution < 1.29 is 9.53 Å². The van der Waals surface area contributed by atoms with Crippen molar-refractivity contribution in [3.63, 3.8) is 0 Å². The Kier molecular flexibility index (Phi) is 6.45. The van der Waals surface area contributed by atoms with Crippen LogP contribution in [0.25, 0.3) is 16.8 Å². The number of nitriles is 2. The molecule has 0 aliphatic heterocycles. The number of benzene rings is 3. The van der Waals surface area contributed by atoms with E-state index in [1.165, 1.54) is 0 Å². The zero-order valence-corrected chi connectivity index (χ0v) is 16.1. The van der Waals surface area contributed by atoms with E-state index in [-0.39, 0.29) is 12.5 Å².